The molecule has 0 atom stereocenters. The standard InChI is InChI=1S/C16H26N4O2/c1-18-15(22)13-5-9-20(10-6-13)11-14(21)19-16(12-17)7-3-2-4-8-16/h13H,2-11H2,1H3,(H,18,22)(H,19,21). The first-order chi connectivity index (χ1) is 10.6. The molecule has 1 heterocycles. The van der Waals surface area contributed by atoms with Gasteiger partial charge in [-0.1, -0.05) is 19.3 Å². The molecule has 0 unspecified atom stereocenters. The van der Waals surface area contributed by atoms with E-state index in [1.165, 1.54) is 0 Å². The summed E-state index contributed by atoms with van der Waals surface area (Å²) < 4.78 is 0. The Morgan fingerprint density at radius 2 is 1.86 bits per heavy atom. The quantitative estimate of drug-likeness (QED) is 0.804. The molecule has 0 aromatic carbocycles. The average molecular weight is 306 g/mol. The Hall–Kier alpha value is -1.61. The van der Waals surface area contributed by atoms with Gasteiger partial charge in [-0.15, -0.1) is 0 Å². The number of nitrogens with one attached hydrogen (secondary N) is 2. The molecule has 1 aliphatic carbocycles. The molecule has 2 N–H and O–H groups in total. The minimum atomic E-state index is -0.657. The van der Waals surface area contributed by atoms with Gasteiger partial charge >= 0.3 is 0 Å². The molecule has 1 saturated heterocycles. The Morgan fingerprint density at radius 1 is 1.23 bits per heavy atom. The molecule has 22 heavy (non-hydrogen) atoms. The topological polar surface area (TPSA) is 85.2 Å². The third kappa shape index (κ3) is 4.20. The molecule has 122 valence electrons. The van der Waals surface area contributed by atoms with Crippen LogP contribution in [0.2, 0.25) is 0 Å². The minimum Gasteiger partial charge on any atom is -0.359 e. The normalized spacial score (nSPS) is 22.5. The van der Waals surface area contributed by atoms with Crippen molar-refractivity contribution in [2.75, 3.05) is 26.7 Å². The SMILES string of the molecule is CNC(=O)C1CCN(CC(=O)NC2(C#N)CCCCC2)CC1. The molecule has 1 saturated carbocycles. The van der Waals surface area contributed by atoms with Gasteiger partial charge in [-0.25, -0.2) is 0 Å². The number of amides is 2. The van der Waals surface area contributed by atoms with Crippen molar-refractivity contribution in [3.63, 3.8) is 0 Å². The summed E-state index contributed by atoms with van der Waals surface area (Å²) in [6.45, 7) is 1.83. The van der Waals surface area contributed by atoms with Crippen molar-refractivity contribution in [2.24, 2.45) is 5.92 Å². The highest BCUT2D eigenvalue weighted by Gasteiger charge is 2.34. The van der Waals surface area contributed by atoms with Gasteiger partial charge < -0.3 is 10.6 Å². The van der Waals surface area contributed by atoms with Crippen molar-refractivity contribution in [3.8, 4) is 6.07 Å². The van der Waals surface area contributed by atoms with E-state index >= 15 is 0 Å². The van der Waals surface area contributed by atoms with Gasteiger partial charge in [0.1, 0.15) is 5.54 Å². The van der Waals surface area contributed by atoms with E-state index < -0.39 is 5.54 Å². The van der Waals surface area contributed by atoms with Crippen LogP contribution in [0.5, 0.6) is 0 Å². The summed E-state index contributed by atoms with van der Waals surface area (Å²) in [5, 5.41) is 15.0. The molecule has 2 aliphatic rings. The van der Waals surface area contributed by atoms with Crippen LogP contribution in [0, 0.1) is 17.2 Å². The maximum atomic E-state index is 12.2. The molecule has 6 nitrogen and oxygen atoms in total. The highest BCUT2D eigenvalue weighted by molar-refractivity contribution is 5.80. The van der Waals surface area contributed by atoms with Crippen LogP contribution < -0.4 is 10.6 Å². The van der Waals surface area contributed by atoms with Crippen molar-refractivity contribution in [2.45, 2.75) is 50.5 Å². The van der Waals surface area contributed by atoms with Crippen molar-refractivity contribution in [3.05, 3.63) is 0 Å². The molecular weight excluding hydrogens is 280 g/mol. The predicted molar refractivity (Wildman–Crippen MR) is 82.8 cm³/mol. The highest BCUT2D eigenvalue weighted by atomic mass is 16.2. The van der Waals surface area contributed by atoms with Crippen LogP contribution in [0.15, 0.2) is 0 Å². The van der Waals surface area contributed by atoms with Crippen molar-refractivity contribution < 1.29 is 9.59 Å². The van der Waals surface area contributed by atoms with Crippen LogP contribution in [-0.4, -0.2) is 48.9 Å². The summed E-state index contributed by atoms with van der Waals surface area (Å²) in [5.74, 6) is 0.0877. The van der Waals surface area contributed by atoms with E-state index in [-0.39, 0.29) is 17.7 Å². The first kappa shape index (κ1) is 16.8. The van der Waals surface area contributed by atoms with Crippen LogP contribution in [0.4, 0.5) is 0 Å². The molecule has 0 radical (unpaired) electrons. The van der Waals surface area contributed by atoms with Gasteiger partial charge in [-0.05, 0) is 38.8 Å². The first-order valence-electron chi connectivity index (χ1n) is 8.25. The summed E-state index contributed by atoms with van der Waals surface area (Å²) in [6, 6.07) is 2.31. The third-order valence-electron chi connectivity index (χ3n) is 4.87. The zero-order valence-electron chi connectivity index (χ0n) is 13.4. The highest BCUT2D eigenvalue weighted by Crippen LogP contribution is 2.27. The largest absolute Gasteiger partial charge is 0.359 e. The molecule has 6 heteroatoms. The van der Waals surface area contributed by atoms with Gasteiger partial charge in [0.05, 0.1) is 12.6 Å². The van der Waals surface area contributed by atoms with Crippen molar-refractivity contribution in [1.82, 2.24) is 15.5 Å². The van der Waals surface area contributed by atoms with E-state index in [1.807, 2.05) is 0 Å². The lowest BCUT2D eigenvalue weighted by atomic mass is 9.83. The lowest BCUT2D eigenvalue weighted by molar-refractivity contribution is -0.126. The maximum absolute atomic E-state index is 12.2. The molecule has 2 fully saturated rings. The maximum Gasteiger partial charge on any atom is 0.235 e. The summed E-state index contributed by atoms with van der Waals surface area (Å²) in [7, 11) is 1.66. The van der Waals surface area contributed by atoms with Crippen molar-refractivity contribution in [1.29, 1.82) is 5.26 Å². The van der Waals surface area contributed by atoms with Gasteiger partial charge in [-0.3, -0.25) is 14.5 Å². The number of nitriles is 1. The zero-order chi connectivity index (χ0) is 16.0. The van der Waals surface area contributed by atoms with E-state index in [1.54, 1.807) is 7.05 Å². The summed E-state index contributed by atoms with van der Waals surface area (Å²) in [6.07, 6.45) is 6.25. The Morgan fingerprint density at radius 3 is 2.41 bits per heavy atom. The van der Waals surface area contributed by atoms with Crippen LogP contribution in [0.1, 0.15) is 44.9 Å². The second-order valence-corrected chi connectivity index (χ2v) is 6.47. The van der Waals surface area contributed by atoms with E-state index in [4.69, 9.17) is 0 Å². The number of nitrogens with zero attached hydrogens (tertiary/aromatic N) is 2. The summed E-state index contributed by atoms with van der Waals surface area (Å²) in [4.78, 5) is 25.9. The third-order valence-corrected chi connectivity index (χ3v) is 4.87. The van der Waals surface area contributed by atoms with Crippen LogP contribution >= 0.6 is 0 Å². The number of likely N-dealkylation sites (tertiary alicyclic amines) is 1. The van der Waals surface area contributed by atoms with Crippen LogP contribution in [0.3, 0.4) is 0 Å². The molecule has 0 aromatic heterocycles. The van der Waals surface area contributed by atoms with Gasteiger partial charge in [-0.2, -0.15) is 5.26 Å². The lowest BCUT2D eigenvalue weighted by Gasteiger charge is -2.34. The fourth-order valence-electron chi connectivity index (χ4n) is 3.49. The number of hydrogen-bond donors (Lipinski definition) is 2. The average Bonchev–Trinajstić information content (AvgIpc) is 2.55. The zero-order valence-corrected chi connectivity index (χ0v) is 13.4. The predicted octanol–water partition coefficient (Wildman–Crippen LogP) is 0.787. The molecule has 0 spiro atoms. The summed E-state index contributed by atoms with van der Waals surface area (Å²) >= 11 is 0. The Balaban J connectivity index is 1.78. The summed E-state index contributed by atoms with van der Waals surface area (Å²) in [5.41, 5.74) is -0.657. The second kappa shape index (κ2) is 7.59. The second-order valence-electron chi connectivity index (χ2n) is 6.47. The Kier molecular flexibility index (Phi) is 5.78. The fourth-order valence-corrected chi connectivity index (χ4v) is 3.49. The van der Waals surface area contributed by atoms with Crippen molar-refractivity contribution >= 4 is 11.8 Å². The smallest absolute Gasteiger partial charge is 0.235 e. The number of piperidine rings is 1. The van der Waals surface area contributed by atoms with Gasteiger partial charge in [0, 0.05) is 13.0 Å². The minimum absolute atomic E-state index is 0.0631. The number of rotatable bonds is 4. The molecule has 2 rings (SSSR count). The number of hydrogen-bond acceptors (Lipinski definition) is 4. The van der Waals surface area contributed by atoms with E-state index in [0.29, 0.717) is 6.54 Å². The van der Waals surface area contributed by atoms with Crippen LogP contribution in [-0.2, 0) is 9.59 Å². The van der Waals surface area contributed by atoms with Gasteiger partial charge in [0.25, 0.3) is 0 Å². The van der Waals surface area contributed by atoms with E-state index in [2.05, 4.69) is 21.6 Å². The van der Waals surface area contributed by atoms with Gasteiger partial charge in [0.15, 0.2) is 0 Å². The Labute approximate surface area is 132 Å². The number of carbonyl (C=O) groups excluding carboxylic acids is 2. The molecular formula is C16H26N4O2. The molecule has 2 amide bonds. The monoisotopic (exact) mass is 306 g/mol. The Bertz CT molecular complexity index is 444. The lowest BCUT2D eigenvalue weighted by Crippen LogP contribution is -2.52. The van der Waals surface area contributed by atoms with E-state index in [9.17, 15) is 14.9 Å². The first-order valence-corrected chi connectivity index (χ1v) is 8.25. The number of carbonyl (C=O) groups is 2. The van der Waals surface area contributed by atoms with Crippen LogP contribution in [0.25, 0.3) is 0 Å². The molecule has 0 aromatic rings. The van der Waals surface area contributed by atoms with Gasteiger partial charge in [0.2, 0.25) is 11.8 Å². The molecule has 0 bridgehead atoms. The fraction of sp³-hybridized carbons (Fsp3) is 0.812. The molecule has 1 aliphatic heterocycles. The van der Waals surface area contributed by atoms with E-state index in [0.717, 1.165) is 58.0 Å².